The van der Waals surface area contributed by atoms with E-state index in [0.29, 0.717) is 32.6 Å². The van der Waals surface area contributed by atoms with Gasteiger partial charge in [0.2, 0.25) is 0 Å². The highest BCUT2D eigenvalue weighted by atomic mass is 35.5. The van der Waals surface area contributed by atoms with Crippen LogP contribution >= 0.6 is 23.2 Å². The first kappa shape index (κ1) is 13.9. The number of rotatable bonds is 3. The summed E-state index contributed by atoms with van der Waals surface area (Å²) in [5.41, 5.74) is 1.82. The molecule has 21 heavy (non-hydrogen) atoms. The molecular weight excluding hydrogens is 313 g/mol. The molecule has 0 radical (unpaired) electrons. The molecule has 0 unspecified atom stereocenters. The SMILES string of the molecule is O=C(O)Cn1c(-c2ccc(Cl)c(Cl)c2)nc2cccnc21. The topological polar surface area (TPSA) is 68.0 Å². The van der Waals surface area contributed by atoms with Gasteiger partial charge in [-0.2, -0.15) is 0 Å². The number of aromatic nitrogens is 3. The highest BCUT2D eigenvalue weighted by molar-refractivity contribution is 6.42. The van der Waals surface area contributed by atoms with E-state index in [1.807, 2.05) is 0 Å². The van der Waals surface area contributed by atoms with Crippen LogP contribution in [0, 0.1) is 0 Å². The van der Waals surface area contributed by atoms with Crippen LogP contribution in [0.25, 0.3) is 22.6 Å². The summed E-state index contributed by atoms with van der Waals surface area (Å²) in [5, 5.41) is 9.91. The summed E-state index contributed by atoms with van der Waals surface area (Å²) in [6, 6.07) is 8.58. The molecule has 7 heteroatoms. The predicted molar refractivity (Wildman–Crippen MR) is 80.6 cm³/mol. The second kappa shape index (κ2) is 5.35. The van der Waals surface area contributed by atoms with Crippen molar-refractivity contribution in [3.63, 3.8) is 0 Å². The summed E-state index contributed by atoms with van der Waals surface area (Å²) in [4.78, 5) is 19.7. The van der Waals surface area contributed by atoms with E-state index >= 15 is 0 Å². The van der Waals surface area contributed by atoms with Crippen molar-refractivity contribution in [3.05, 3.63) is 46.6 Å². The Labute approximate surface area is 129 Å². The molecule has 0 spiro atoms. The third kappa shape index (κ3) is 2.57. The summed E-state index contributed by atoms with van der Waals surface area (Å²) in [6.07, 6.45) is 1.60. The van der Waals surface area contributed by atoms with Gasteiger partial charge in [-0.25, -0.2) is 9.97 Å². The number of carbonyl (C=O) groups is 1. The number of carboxylic acid groups (broad SMARTS) is 1. The lowest BCUT2D eigenvalue weighted by atomic mass is 10.2. The molecule has 0 saturated carbocycles. The second-order valence-electron chi connectivity index (χ2n) is 4.39. The molecule has 106 valence electrons. The van der Waals surface area contributed by atoms with Crippen LogP contribution < -0.4 is 0 Å². The van der Waals surface area contributed by atoms with E-state index in [0.717, 1.165) is 0 Å². The fraction of sp³-hybridized carbons (Fsp3) is 0.0714. The Bertz CT molecular complexity index is 845. The molecule has 0 atom stereocenters. The first-order chi connectivity index (χ1) is 10.1. The molecule has 2 aromatic heterocycles. The van der Waals surface area contributed by atoms with Crippen molar-refractivity contribution < 1.29 is 9.90 Å². The Morgan fingerprint density at radius 1 is 1.24 bits per heavy atom. The summed E-state index contributed by atoms with van der Waals surface area (Å²) >= 11 is 11.9. The van der Waals surface area contributed by atoms with Gasteiger partial charge in [0.25, 0.3) is 0 Å². The monoisotopic (exact) mass is 321 g/mol. The number of aliphatic carboxylic acids is 1. The van der Waals surface area contributed by atoms with Gasteiger partial charge in [-0.05, 0) is 30.3 Å². The minimum atomic E-state index is -0.971. The van der Waals surface area contributed by atoms with E-state index in [9.17, 15) is 4.79 Å². The van der Waals surface area contributed by atoms with Crippen LogP contribution in [0.4, 0.5) is 0 Å². The van der Waals surface area contributed by atoms with Crippen molar-refractivity contribution in [2.75, 3.05) is 0 Å². The van der Waals surface area contributed by atoms with Crippen LogP contribution in [0.3, 0.4) is 0 Å². The van der Waals surface area contributed by atoms with Gasteiger partial charge >= 0.3 is 5.97 Å². The van der Waals surface area contributed by atoms with E-state index in [1.165, 1.54) is 4.57 Å². The minimum absolute atomic E-state index is 0.233. The van der Waals surface area contributed by atoms with Crippen molar-refractivity contribution in [1.82, 2.24) is 14.5 Å². The third-order valence-electron chi connectivity index (χ3n) is 2.97. The summed E-state index contributed by atoms with van der Waals surface area (Å²) in [6.45, 7) is -0.233. The molecular formula is C14H9Cl2N3O2. The molecule has 0 saturated heterocycles. The Morgan fingerprint density at radius 3 is 2.76 bits per heavy atom. The van der Waals surface area contributed by atoms with Gasteiger partial charge < -0.3 is 5.11 Å². The van der Waals surface area contributed by atoms with Crippen molar-refractivity contribution in [2.45, 2.75) is 6.54 Å². The Balaban J connectivity index is 2.25. The van der Waals surface area contributed by atoms with Gasteiger partial charge in [-0.15, -0.1) is 0 Å². The van der Waals surface area contributed by atoms with E-state index < -0.39 is 5.97 Å². The molecule has 0 aliphatic heterocycles. The van der Waals surface area contributed by atoms with E-state index in [-0.39, 0.29) is 6.54 Å². The van der Waals surface area contributed by atoms with Crippen LogP contribution in [-0.4, -0.2) is 25.6 Å². The van der Waals surface area contributed by atoms with Crippen LogP contribution in [-0.2, 0) is 11.3 Å². The standard InChI is InChI=1S/C14H9Cl2N3O2/c15-9-4-3-8(6-10(9)16)13-18-11-2-1-5-17-14(11)19(13)7-12(20)21/h1-6H,7H2,(H,20,21). The van der Waals surface area contributed by atoms with Crippen molar-refractivity contribution in [1.29, 1.82) is 0 Å². The maximum absolute atomic E-state index is 11.1. The summed E-state index contributed by atoms with van der Waals surface area (Å²) in [7, 11) is 0. The fourth-order valence-electron chi connectivity index (χ4n) is 2.10. The zero-order valence-electron chi connectivity index (χ0n) is 10.6. The van der Waals surface area contributed by atoms with Crippen LogP contribution in [0.15, 0.2) is 36.5 Å². The lowest BCUT2D eigenvalue weighted by molar-refractivity contribution is -0.137. The number of pyridine rings is 1. The third-order valence-corrected chi connectivity index (χ3v) is 3.71. The number of hydrogen-bond donors (Lipinski definition) is 1. The molecule has 3 aromatic rings. The molecule has 0 fully saturated rings. The average Bonchev–Trinajstić information content (AvgIpc) is 2.80. The van der Waals surface area contributed by atoms with Gasteiger partial charge in [0.1, 0.15) is 17.9 Å². The summed E-state index contributed by atoms with van der Waals surface area (Å²) < 4.78 is 1.54. The highest BCUT2D eigenvalue weighted by Gasteiger charge is 2.16. The molecule has 5 nitrogen and oxygen atoms in total. The molecule has 0 aliphatic carbocycles. The van der Waals surface area contributed by atoms with Gasteiger partial charge in [0, 0.05) is 11.8 Å². The number of carboxylic acids is 1. The second-order valence-corrected chi connectivity index (χ2v) is 5.20. The first-order valence-corrected chi connectivity index (χ1v) is 6.80. The van der Waals surface area contributed by atoms with Crippen molar-refractivity contribution in [3.8, 4) is 11.4 Å². The van der Waals surface area contributed by atoms with E-state index in [1.54, 1.807) is 36.5 Å². The number of hydrogen-bond acceptors (Lipinski definition) is 3. The Hall–Kier alpha value is -2.11. The van der Waals surface area contributed by atoms with Crippen LogP contribution in [0.1, 0.15) is 0 Å². The molecule has 1 aromatic carbocycles. The summed E-state index contributed by atoms with van der Waals surface area (Å²) in [5.74, 6) is -0.481. The van der Waals surface area contributed by atoms with Gasteiger partial charge in [-0.3, -0.25) is 9.36 Å². The van der Waals surface area contributed by atoms with Crippen molar-refractivity contribution >= 4 is 40.3 Å². The average molecular weight is 322 g/mol. The zero-order chi connectivity index (χ0) is 15.0. The van der Waals surface area contributed by atoms with Gasteiger partial charge in [0.05, 0.1) is 10.0 Å². The molecule has 0 bridgehead atoms. The quantitative estimate of drug-likeness (QED) is 0.801. The highest BCUT2D eigenvalue weighted by Crippen LogP contribution is 2.29. The maximum atomic E-state index is 11.1. The molecule has 2 heterocycles. The van der Waals surface area contributed by atoms with Crippen LogP contribution in [0.5, 0.6) is 0 Å². The van der Waals surface area contributed by atoms with E-state index in [2.05, 4.69) is 9.97 Å². The van der Waals surface area contributed by atoms with Gasteiger partial charge in [-0.1, -0.05) is 23.2 Å². The fourth-order valence-corrected chi connectivity index (χ4v) is 2.40. The lowest BCUT2D eigenvalue weighted by Crippen LogP contribution is -2.10. The molecule has 0 aliphatic rings. The molecule has 1 N–H and O–H groups in total. The predicted octanol–water partition coefficient (Wildman–Crippen LogP) is 3.49. The molecule has 3 rings (SSSR count). The smallest absolute Gasteiger partial charge is 0.323 e. The number of nitrogens with zero attached hydrogens (tertiary/aromatic N) is 3. The number of imidazole rings is 1. The number of benzene rings is 1. The minimum Gasteiger partial charge on any atom is -0.480 e. The lowest BCUT2D eigenvalue weighted by Gasteiger charge is -2.06. The van der Waals surface area contributed by atoms with Crippen LogP contribution in [0.2, 0.25) is 10.0 Å². The number of halogens is 2. The Morgan fingerprint density at radius 2 is 2.05 bits per heavy atom. The maximum Gasteiger partial charge on any atom is 0.323 e. The Kier molecular flexibility index (Phi) is 3.53. The van der Waals surface area contributed by atoms with E-state index in [4.69, 9.17) is 28.3 Å². The van der Waals surface area contributed by atoms with Crippen molar-refractivity contribution in [2.24, 2.45) is 0 Å². The largest absolute Gasteiger partial charge is 0.480 e. The molecule has 0 amide bonds. The zero-order valence-corrected chi connectivity index (χ0v) is 12.1. The number of fused-ring (bicyclic) bond motifs is 1. The first-order valence-electron chi connectivity index (χ1n) is 6.05. The van der Waals surface area contributed by atoms with Gasteiger partial charge in [0.15, 0.2) is 5.65 Å². The normalized spacial score (nSPS) is 11.0.